The summed E-state index contributed by atoms with van der Waals surface area (Å²) < 4.78 is 3.64. The van der Waals surface area contributed by atoms with Crippen molar-refractivity contribution in [3.8, 4) is 0 Å². The molecule has 2 rings (SSSR count). The van der Waals surface area contributed by atoms with E-state index in [0.717, 1.165) is 0 Å². The summed E-state index contributed by atoms with van der Waals surface area (Å²) in [5.41, 5.74) is 1.01. The largest absolute Gasteiger partial charge is 0.465 e. The average Bonchev–Trinajstić information content (AvgIpc) is 2.98. The molecule has 1 aliphatic rings. The summed E-state index contributed by atoms with van der Waals surface area (Å²) in [5.74, 6) is -1.01. The maximum absolute atomic E-state index is 11.7. The number of methoxy groups -OCH3 is 1. The highest BCUT2D eigenvalue weighted by Gasteiger charge is 2.56. The average molecular weight is 288 g/mol. The van der Waals surface area contributed by atoms with Crippen molar-refractivity contribution in [1.29, 1.82) is 0 Å². The first-order valence-electron chi connectivity index (χ1n) is 5.31. The second kappa shape index (κ2) is 4.78. The summed E-state index contributed by atoms with van der Waals surface area (Å²) >= 11 is 11.6. The maximum Gasteiger partial charge on any atom is 0.337 e. The highest BCUT2D eigenvalue weighted by Crippen LogP contribution is 2.53. The second-order valence-corrected chi connectivity index (χ2v) is 5.62. The highest BCUT2D eigenvalue weighted by molar-refractivity contribution is 6.52. The zero-order chi connectivity index (χ0) is 13.3. The van der Waals surface area contributed by atoms with E-state index in [2.05, 4.69) is 10.1 Å². The fourth-order valence-corrected chi connectivity index (χ4v) is 2.04. The Morgan fingerprint density at radius 3 is 2.33 bits per heavy atom. The Balaban J connectivity index is 1.99. The molecule has 4 nitrogen and oxygen atoms in total. The van der Waals surface area contributed by atoms with Crippen LogP contribution in [-0.2, 0) is 9.53 Å². The highest BCUT2D eigenvalue weighted by atomic mass is 35.5. The minimum Gasteiger partial charge on any atom is -0.465 e. The van der Waals surface area contributed by atoms with E-state index in [-0.39, 0.29) is 11.8 Å². The molecule has 96 valence electrons. The Labute approximate surface area is 114 Å². The topological polar surface area (TPSA) is 55.4 Å². The van der Waals surface area contributed by atoms with Crippen LogP contribution in [0.3, 0.4) is 0 Å². The van der Waals surface area contributed by atoms with Gasteiger partial charge in [-0.2, -0.15) is 0 Å². The number of carbonyl (C=O) groups excluding carboxylic acids is 2. The number of amides is 1. The molecule has 6 heteroatoms. The first kappa shape index (κ1) is 13.2. The number of carbonyl (C=O) groups is 2. The molecule has 1 saturated carbocycles. The van der Waals surface area contributed by atoms with Gasteiger partial charge in [0.05, 0.1) is 18.6 Å². The Morgan fingerprint density at radius 1 is 1.33 bits per heavy atom. The first-order chi connectivity index (χ1) is 8.44. The lowest BCUT2D eigenvalue weighted by Gasteiger charge is -2.06. The summed E-state index contributed by atoms with van der Waals surface area (Å²) in [6.45, 7) is 0. The summed E-state index contributed by atoms with van der Waals surface area (Å²) in [6.07, 6.45) is 0.461. The van der Waals surface area contributed by atoms with E-state index in [9.17, 15) is 9.59 Å². The Bertz CT molecular complexity index is 485. The normalized spacial score (nSPS) is 20.1. The monoisotopic (exact) mass is 287 g/mol. The molecule has 1 amide bonds. The molecule has 1 atom stereocenters. The lowest BCUT2D eigenvalue weighted by Crippen LogP contribution is -2.16. The number of benzene rings is 1. The number of hydrogen-bond acceptors (Lipinski definition) is 3. The predicted molar refractivity (Wildman–Crippen MR) is 69.0 cm³/mol. The van der Waals surface area contributed by atoms with Crippen molar-refractivity contribution in [1.82, 2.24) is 0 Å². The summed E-state index contributed by atoms with van der Waals surface area (Å²) in [7, 11) is 1.31. The van der Waals surface area contributed by atoms with Crippen molar-refractivity contribution >= 4 is 40.8 Å². The predicted octanol–water partition coefficient (Wildman–Crippen LogP) is 2.61. The molecule has 1 fully saturated rings. The molecular formula is C12H11Cl2NO3. The van der Waals surface area contributed by atoms with Crippen molar-refractivity contribution < 1.29 is 14.3 Å². The van der Waals surface area contributed by atoms with Crippen molar-refractivity contribution in [3.05, 3.63) is 29.8 Å². The van der Waals surface area contributed by atoms with Gasteiger partial charge in [-0.1, -0.05) is 0 Å². The van der Waals surface area contributed by atoms with Crippen LogP contribution < -0.4 is 5.32 Å². The van der Waals surface area contributed by atoms with Crippen LogP contribution in [0.1, 0.15) is 16.8 Å². The molecule has 1 aliphatic carbocycles. The smallest absolute Gasteiger partial charge is 0.337 e. The van der Waals surface area contributed by atoms with Crippen LogP contribution in [-0.4, -0.2) is 23.3 Å². The molecule has 18 heavy (non-hydrogen) atoms. The zero-order valence-corrected chi connectivity index (χ0v) is 11.1. The standard InChI is InChI=1S/C12H11Cl2NO3/c1-18-11(17)7-2-4-8(5-3-7)15-10(16)9-6-12(9,13)14/h2-5,9H,6H2,1H3,(H,15,16)/t9-/m0/s1. The van der Waals surface area contributed by atoms with Gasteiger partial charge in [-0.3, -0.25) is 4.79 Å². The number of alkyl halides is 2. The van der Waals surface area contributed by atoms with Crippen LogP contribution in [0.25, 0.3) is 0 Å². The Kier molecular flexibility index (Phi) is 3.50. The fourth-order valence-electron chi connectivity index (χ4n) is 1.53. The van der Waals surface area contributed by atoms with Crippen LogP contribution in [0.5, 0.6) is 0 Å². The molecule has 0 bridgehead atoms. The van der Waals surface area contributed by atoms with Gasteiger partial charge in [-0.25, -0.2) is 4.79 Å². The van der Waals surface area contributed by atoms with Crippen LogP contribution in [0, 0.1) is 5.92 Å². The lowest BCUT2D eigenvalue weighted by molar-refractivity contribution is -0.117. The minimum atomic E-state index is -0.934. The van der Waals surface area contributed by atoms with E-state index in [1.807, 2.05) is 0 Å². The first-order valence-corrected chi connectivity index (χ1v) is 6.07. The Morgan fingerprint density at radius 2 is 1.89 bits per heavy atom. The number of ether oxygens (including phenoxy) is 1. The molecule has 0 spiro atoms. The summed E-state index contributed by atoms with van der Waals surface area (Å²) in [5, 5.41) is 2.68. The van der Waals surface area contributed by atoms with Gasteiger partial charge in [0.15, 0.2) is 0 Å². The third-order valence-corrected chi connectivity index (χ3v) is 3.55. The van der Waals surface area contributed by atoms with Crippen LogP contribution in [0.2, 0.25) is 0 Å². The zero-order valence-electron chi connectivity index (χ0n) is 9.57. The minimum absolute atomic E-state index is 0.217. The third-order valence-electron chi connectivity index (χ3n) is 2.72. The van der Waals surface area contributed by atoms with Crippen molar-refractivity contribution in [2.45, 2.75) is 10.8 Å². The van der Waals surface area contributed by atoms with E-state index in [1.54, 1.807) is 24.3 Å². The van der Waals surface area contributed by atoms with Gasteiger partial charge in [-0.05, 0) is 30.7 Å². The van der Waals surface area contributed by atoms with Gasteiger partial charge >= 0.3 is 5.97 Å². The molecule has 0 saturated heterocycles. The molecular weight excluding hydrogens is 277 g/mol. The van der Waals surface area contributed by atoms with E-state index < -0.39 is 10.3 Å². The molecule has 0 heterocycles. The van der Waals surface area contributed by atoms with Crippen LogP contribution in [0.15, 0.2) is 24.3 Å². The van der Waals surface area contributed by atoms with Gasteiger partial charge < -0.3 is 10.1 Å². The van der Waals surface area contributed by atoms with Crippen molar-refractivity contribution in [3.63, 3.8) is 0 Å². The van der Waals surface area contributed by atoms with E-state index in [0.29, 0.717) is 17.7 Å². The SMILES string of the molecule is COC(=O)c1ccc(NC(=O)[C@@H]2CC2(Cl)Cl)cc1. The van der Waals surface area contributed by atoms with Crippen LogP contribution in [0.4, 0.5) is 5.69 Å². The van der Waals surface area contributed by atoms with Gasteiger partial charge in [0.2, 0.25) is 5.91 Å². The van der Waals surface area contributed by atoms with Gasteiger partial charge in [-0.15, -0.1) is 23.2 Å². The number of rotatable bonds is 3. The lowest BCUT2D eigenvalue weighted by atomic mass is 10.2. The molecule has 1 aromatic carbocycles. The molecule has 1 N–H and O–H groups in total. The van der Waals surface area contributed by atoms with E-state index >= 15 is 0 Å². The van der Waals surface area contributed by atoms with Crippen LogP contribution >= 0.6 is 23.2 Å². The Hall–Kier alpha value is -1.26. The molecule has 0 unspecified atom stereocenters. The van der Waals surface area contributed by atoms with E-state index in [4.69, 9.17) is 23.2 Å². The third kappa shape index (κ3) is 2.76. The molecule has 1 aromatic rings. The van der Waals surface area contributed by atoms with Crippen molar-refractivity contribution in [2.24, 2.45) is 5.92 Å². The van der Waals surface area contributed by atoms with Crippen molar-refractivity contribution in [2.75, 3.05) is 12.4 Å². The number of halogens is 2. The summed E-state index contributed by atoms with van der Waals surface area (Å²) in [4.78, 5) is 22.9. The fraction of sp³-hybridized carbons (Fsp3) is 0.333. The number of esters is 1. The maximum atomic E-state index is 11.7. The number of hydrogen-bond donors (Lipinski definition) is 1. The second-order valence-electron chi connectivity index (χ2n) is 4.08. The molecule has 0 radical (unpaired) electrons. The van der Waals surface area contributed by atoms with Gasteiger partial charge in [0.25, 0.3) is 0 Å². The summed E-state index contributed by atoms with van der Waals surface area (Å²) in [6, 6.07) is 6.39. The number of anilines is 1. The quantitative estimate of drug-likeness (QED) is 0.687. The van der Waals surface area contributed by atoms with Gasteiger partial charge in [0, 0.05) is 5.69 Å². The van der Waals surface area contributed by atoms with Gasteiger partial charge in [0.1, 0.15) is 4.33 Å². The van der Waals surface area contributed by atoms with E-state index in [1.165, 1.54) is 7.11 Å². The molecule has 0 aromatic heterocycles. The molecule has 0 aliphatic heterocycles. The number of nitrogens with one attached hydrogen (secondary N) is 1.